The maximum atomic E-state index is 6.27. The summed E-state index contributed by atoms with van der Waals surface area (Å²) in [6, 6.07) is 47.4. The molecular formula is C34H23ClN2. The molecule has 0 atom stereocenters. The molecular weight excluding hydrogens is 472 g/mol. The van der Waals surface area contributed by atoms with Crippen molar-refractivity contribution in [2.24, 2.45) is 0 Å². The minimum absolute atomic E-state index is 0.697. The van der Waals surface area contributed by atoms with Gasteiger partial charge in [-0.25, -0.2) is 9.97 Å². The molecule has 0 bridgehead atoms. The van der Waals surface area contributed by atoms with Crippen molar-refractivity contribution in [2.75, 3.05) is 0 Å². The summed E-state index contributed by atoms with van der Waals surface area (Å²) in [4.78, 5) is 10.0. The van der Waals surface area contributed by atoms with Crippen molar-refractivity contribution in [1.82, 2.24) is 9.97 Å². The highest BCUT2D eigenvalue weighted by molar-refractivity contribution is 6.30. The van der Waals surface area contributed by atoms with Gasteiger partial charge in [0, 0.05) is 21.7 Å². The average Bonchev–Trinajstić information content (AvgIpc) is 2.98. The third kappa shape index (κ3) is 5.06. The average molecular weight is 495 g/mol. The lowest BCUT2D eigenvalue weighted by molar-refractivity contribution is 1.18. The van der Waals surface area contributed by atoms with Crippen LogP contribution < -0.4 is 0 Å². The molecule has 0 radical (unpaired) electrons. The van der Waals surface area contributed by atoms with Crippen LogP contribution in [0.1, 0.15) is 0 Å². The molecule has 5 aromatic carbocycles. The summed E-state index contributed by atoms with van der Waals surface area (Å²) in [5.74, 6) is 0.697. The van der Waals surface area contributed by atoms with Crippen LogP contribution in [-0.4, -0.2) is 9.97 Å². The van der Waals surface area contributed by atoms with Crippen LogP contribution in [0.5, 0.6) is 0 Å². The van der Waals surface area contributed by atoms with E-state index in [-0.39, 0.29) is 0 Å². The van der Waals surface area contributed by atoms with Crippen LogP contribution >= 0.6 is 11.6 Å². The summed E-state index contributed by atoms with van der Waals surface area (Å²) in [6.07, 6.45) is 0. The van der Waals surface area contributed by atoms with Gasteiger partial charge in [0.05, 0.1) is 11.4 Å². The number of halogens is 1. The van der Waals surface area contributed by atoms with Gasteiger partial charge in [-0.05, 0) is 52.6 Å². The maximum absolute atomic E-state index is 6.27. The first-order valence-electron chi connectivity index (χ1n) is 12.2. The number of hydrogen-bond acceptors (Lipinski definition) is 2. The third-order valence-electron chi connectivity index (χ3n) is 6.34. The van der Waals surface area contributed by atoms with E-state index in [0.717, 1.165) is 55.4 Å². The molecule has 3 heteroatoms. The molecule has 0 saturated heterocycles. The van der Waals surface area contributed by atoms with E-state index in [4.69, 9.17) is 21.6 Å². The zero-order valence-corrected chi connectivity index (χ0v) is 20.8. The van der Waals surface area contributed by atoms with Crippen molar-refractivity contribution in [3.8, 4) is 56.2 Å². The predicted molar refractivity (Wildman–Crippen MR) is 154 cm³/mol. The monoisotopic (exact) mass is 494 g/mol. The second kappa shape index (κ2) is 10.2. The van der Waals surface area contributed by atoms with Crippen LogP contribution in [0, 0.1) is 0 Å². The molecule has 2 nitrogen and oxygen atoms in total. The topological polar surface area (TPSA) is 25.8 Å². The first kappa shape index (κ1) is 22.9. The molecule has 6 aromatic rings. The van der Waals surface area contributed by atoms with E-state index >= 15 is 0 Å². The van der Waals surface area contributed by atoms with Crippen LogP contribution in [0.25, 0.3) is 56.2 Å². The fourth-order valence-corrected chi connectivity index (χ4v) is 4.67. The Labute approximate surface area is 221 Å². The quantitative estimate of drug-likeness (QED) is 0.238. The van der Waals surface area contributed by atoms with E-state index in [1.807, 2.05) is 42.5 Å². The van der Waals surface area contributed by atoms with E-state index in [2.05, 4.69) is 97.1 Å². The number of hydrogen-bond donors (Lipinski definition) is 0. The minimum Gasteiger partial charge on any atom is -0.228 e. The SMILES string of the molecule is Clc1cccc(-c2cccc(-c3cc(-c4ccccc4)nc(-c4cccc(-c5ccccc5)c4)n3)c2)c1. The minimum atomic E-state index is 0.697. The van der Waals surface area contributed by atoms with E-state index in [1.165, 1.54) is 0 Å². The van der Waals surface area contributed by atoms with Gasteiger partial charge in [0.15, 0.2) is 5.82 Å². The van der Waals surface area contributed by atoms with Crippen LogP contribution in [0.15, 0.2) is 140 Å². The van der Waals surface area contributed by atoms with Crippen molar-refractivity contribution < 1.29 is 0 Å². The zero-order chi connectivity index (χ0) is 25.0. The number of benzene rings is 5. The van der Waals surface area contributed by atoms with Gasteiger partial charge in [-0.1, -0.05) is 121 Å². The predicted octanol–water partition coefficient (Wildman–Crippen LogP) is 9.46. The van der Waals surface area contributed by atoms with E-state index < -0.39 is 0 Å². The molecule has 1 aromatic heterocycles. The van der Waals surface area contributed by atoms with Gasteiger partial charge < -0.3 is 0 Å². The van der Waals surface area contributed by atoms with Crippen molar-refractivity contribution >= 4 is 11.6 Å². The second-order valence-corrected chi connectivity index (χ2v) is 9.30. The second-order valence-electron chi connectivity index (χ2n) is 8.87. The highest BCUT2D eigenvalue weighted by Crippen LogP contribution is 2.32. The van der Waals surface area contributed by atoms with Gasteiger partial charge in [-0.3, -0.25) is 0 Å². The number of rotatable bonds is 5. The lowest BCUT2D eigenvalue weighted by atomic mass is 10.00. The summed E-state index contributed by atoms with van der Waals surface area (Å²) >= 11 is 6.27. The standard InChI is InChI=1S/C34H23ClN2/c35-31-19-9-16-28(22-31)27-15-7-17-29(20-27)33-23-32(25-12-5-2-6-13-25)36-34(37-33)30-18-8-14-26(21-30)24-10-3-1-4-11-24/h1-23H. The Morgan fingerprint density at radius 2 is 0.811 bits per heavy atom. The highest BCUT2D eigenvalue weighted by atomic mass is 35.5. The molecule has 6 rings (SSSR count). The lowest BCUT2D eigenvalue weighted by Crippen LogP contribution is -1.96. The molecule has 37 heavy (non-hydrogen) atoms. The molecule has 0 amide bonds. The molecule has 1 heterocycles. The largest absolute Gasteiger partial charge is 0.228 e. The summed E-state index contributed by atoms with van der Waals surface area (Å²) in [7, 11) is 0. The maximum Gasteiger partial charge on any atom is 0.160 e. The summed E-state index contributed by atoms with van der Waals surface area (Å²) in [5, 5.41) is 0.719. The Hall–Kier alpha value is -4.53. The molecule has 0 aliphatic carbocycles. The molecule has 0 spiro atoms. The summed E-state index contributed by atoms with van der Waals surface area (Å²) in [6.45, 7) is 0. The summed E-state index contributed by atoms with van der Waals surface area (Å²) < 4.78 is 0. The Kier molecular flexibility index (Phi) is 6.33. The lowest BCUT2D eigenvalue weighted by Gasteiger charge is -2.11. The van der Waals surface area contributed by atoms with Crippen molar-refractivity contribution in [3.05, 3.63) is 145 Å². The Balaban J connectivity index is 1.49. The Bertz CT molecular complexity index is 1680. The van der Waals surface area contributed by atoms with Crippen molar-refractivity contribution in [2.45, 2.75) is 0 Å². The van der Waals surface area contributed by atoms with Gasteiger partial charge >= 0.3 is 0 Å². The first-order chi connectivity index (χ1) is 18.2. The van der Waals surface area contributed by atoms with Gasteiger partial charge in [-0.2, -0.15) is 0 Å². The van der Waals surface area contributed by atoms with E-state index in [9.17, 15) is 0 Å². The first-order valence-corrected chi connectivity index (χ1v) is 12.6. The fraction of sp³-hybridized carbons (Fsp3) is 0. The van der Waals surface area contributed by atoms with E-state index in [0.29, 0.717) is 5.82 Å². The van der Waals surface area contributed by atoms with Crippen LogP contribution in [0.2, 0.25) is 5.02 Å². The summed E-state index contributed by atoms with van der Waals surface area (Å²) in [5.41, 5.74) is 9.28. The number of aromatic nitrogens is 2. The Morgan fingerprint density at radius 1 is 0.351 bits per heavy atom. The van der Waals surface area contributed by atoms with Crippen LogP contribution in [-0.2, 0) is 0 Å². The van der Waals surface area contributed by atoms with E-state index in [1.54, 1.807) is 0 Å². The molecule has 176 valence electrons. The normalized spacial score (nSPS) is 10.8. The number of nitrogens with zero attached hydrogens (tertiary/aromatic N) is 2. The Morgan fingerprint density at radius 3 is 1.49 bits per heavy atom. The highest BCUT2D eigenvalue weighted by Gasteiger charge is 2.12. The van der Waals surface area contributed by atoms with Crippen molar-refractivity contribution in [3.63, 3.8) is 0 Å². The van der Waals surface area contributed by atoms with Crippen LogP contribution in [0.3, 0.4) is 0 Å². The van der Waals surface area contributed by atoms with Gasteiger partial charge in [0.25, 0.3) is 0 Å². The molecule has 0 fully saturated rings. The molecule has 0 N–H and O–H groups in total. The third-order valence-corrected chi connectivity index (χ3v) is 6.57. The molecule has 0 aliphatic rings. The molecule has 0 unspecified atom stereocenters. The van der Waals surface area contributed by atoms with Gasteiger partial charge in [0.2, 0.25) is 0 Å². The van der Waals surface area contributed by atoms with Gasteiger partial charge in [0.1, 0.15) is 0 Å². The van der Waals surface area contributed by atoms with Crippen LogP contribution in [0.4, 0.5) is 0 Å². The smallest absolute Gasteiger partial charge is 0.160 e. The molecule has 0 saturated carbocycles. The molecule has 0 aliphatic heterocycles. The zero-order valence-electron chi connectivity index (χ0n) is 20.1. The van der Waals surface area contributed by atoms with Gasteiger partial charge in [-0.15, -0.1) is 0 Å². The van der Waals surface area contributed by atoms with Crippen molar-refractivity contribution in [1.29, 1.82) is 0 Å². The fourth-order valence-electron chi connectivity index (χ4n) is 4.48.